The van der Waals surface area contributed by atoms with Crippen LogP contribution < -0.4 is 0 Å². The Hall–Kier alpha value is -4.42. The lowest BCUT2D eigenvalue weighted by atomic mass is 9.68. The fourth-order valence-corrected chi connectivity index (χ4v) is 6.40. The normalized spacial score (nSPS) is 13.6. The molecule has 0 heteroatoms. The van der Waals surface area contributed by atoms with Gasteiger partial charge in [0.1, 0.15) is 0 Å². The van der Waals surface area contributed by atoms with Gasteiger partial charge in [0.2, 0.25) is 0 Å². The summed E-state index contributed by atoms with van der Waals surface area (Å²) < 4.78 is 0. The van der Waals surface area contributed by atoms with Gasteiger partial charge in [-0.15, -0.1) is 0 Å². The van der Waals surface area contributed by atoms with Crippen molar-refractivity contribution in [3.05, 3.63) is 162 Å². The van der Waals surface area contributed by atoms with Gasteiger partial charge in [0.25, 0.3) is 0 Å². The smallest absolute Gasteiger partial charge is 0.0731 e. The van der Waals surface area contributed by atoms with Gasteiger partial charge < -0.3 is 0 Å². The summed E-state index contributed by atoms with van der Waals surface area (Å²) >= 11 is 0. The van der Waals surface area contributed by atoms with E-state index >= 15 is 0 Å². The Balaban J connectivity index is 1.64. The molecule has 5 aromatic carbocycles. The van der Waals surface area contributed by atoms with Crippen LogP contribution in [0.3, 0.4) is 0 Å². The summed E-state index contributed by atoms with van der Waals surface area (Å²) in [6.07, 6.45) is 1.83. The van der Waals surface area contributed by atoms with Crippen LogP contribution in [0.25, 0.3) is 39.0 Å². The average Bonchev–Trinajstić information content (AvgIpc) is 3.40. The van der Waals surface area contributed by atoms with Crippen LogP contribution in [-0.2, 0) is 5.41 Å². The highest BCUT2D eigenvalue weighted by Gasteiger charge is 2.52. The van der Waals surface area contributed by atoms with E-state index in [0.29, 0.717) is 0 Å². The second kappa shape index (κ2) is 7.29. The molecule has 0 bridgehead atoms. The van der Waals surface area contributed by atoms with E-state index < -0.39 is 0 Å². The molecule has 2 aliphatic carbocycles. The van der Waals surface area contributed by atoms with Crippen LogP contribution in [0.2, 0.25) is 0 Å². The quantitative estimate of drug-likeness (QED) is 0.239. The second-order valence-electron chi connectivity index (χ2n) is 9.43. The molecular weight excluding hydrogens is 420 g/mol. The zero-order chi connectivity index (χ0) is 23.6. The van der Waals surface area contributed by atoms with Gasteiger partial charge in [-0.3, -0.25) is 0 Å². The minimum absolute atomic E-state index is 0.346. The van der Waals surface area contributed by atoms with Gasteiger partial charge in [-0.2, -0.15) is 0 Å². The molecule has 0 radical (unpaired) electrons. The third-order valence-electron chi connectivity index (χ3n) is 7.80. The highest BCUT2D eigenvalue weighted by atomic mass is 14.5. The maximum absolute atomic E-state index is 4.20. The van der Waals surface area contributed by atoms with Crippen molar-refractivity contribution in [1.82, 2.24) is 0 Å². The van der Waals surface area contributed by atoms with Crippen molar-refractivity contribution in [2.75, 3.05) is 0 Å². The minimum Gasteiger partial charge on any atom is -0.0985 e. The van der Waals surface area contributed by atoms with Crippen LogP contribution in [0.1, 0.15) is 27.8 Å². The SMILES string of the molecule is C=CC(=C)c1cccc(-c2cccc3c2C2(c4ccccc4-c4ccccc42)c2ccccc2-3)c1. The van der Waals surface area contributed by atoms with E-state index in [1.54, 1.807) is 0 Å². The van der Waals surface area contributed by atoms with Crippen molar-refractivity contribution in [3.8, 4) is 33.4 Å². The Morgan fingerprint density at radius 1 is 0.543 bits per heavy atom. The van der Waals surface area contributed by atoms with E-state index in [0.717, 1.165) is 11.1 Å². The van der Waals surface area contributed by atoms with Crippen LogP contribution in [0.4, 0.5) is 0 Å². The summed E-state index contributed by atoms with van der Waals surface area (Å²) in [5.74, 6) is 0. The highest BCUT2D eigenvalue weighted by Crippen LogP contribution is 2.64. The molecule has 5 aromatic rings. The van der Waals surface area contributed by atoms with Crippen molar-refractivity contribution >= 4 is 5.57 Å². The molecule has 0 unspecified atom stereocenters. The second-order valence-corrected chi connectivity index (χ2v) is 9.43. The van der Waals surface area contributed by atoms with E-state index in [1.807, 2.05) is 6.08 Å². The van der Waals surface area contributed by atoms with Crippen molar-refractivity contribution in [2.45, 2.75) is 5.41 Å². The average molecular weight is 445 g/mol. The maximum Gasteiger partial charge on any atom is 0.0731 e. The molecule has 1 spiro atoms. The van der Waals surface area contributed by atoms with Crippen molar-refractivity contribution < 1.29 is 0 Å². The first-order valence-electron chi connectivity index (χ1n) is 12.1. The van der Waals surface area contributed by atoms with Crippen LogP contribution >= 0.6 is 0 Å². The Bertz CT molecular complexity index is 1620. The largest absolute Gasteiger partial charge is 0.0985 e. The molecule has 0 N–H and O–H groups in total. The van der Waals surface area contributed by atoms with Gasteiger partial charge in [-0.1, -0.05) is 128 Å². The van der Waals surface area contributed by atoms with Crippen LogP contribution in [-0.4, -0.2) is 0 Å². The van der Waals surface area contributed by atoms with Crippen molar-refractivity contribution in [3.63, 3.8) is 0 Å². The van der Waals surface area contributed by atoms with Crippen LogP contribution in [0, 0.1) is 0 Å². The van der Waals surface area contributed by atoms with E-state index in [2.05, 4.69) is 128 Å². The zero-order valence-corrected chi connectivity index (χ0v) is 19.5. The number of rotatable bonds is 3. The third-order valence-corrected chi connectivity index (χ3v) is 7.80. The Morgan fingerprint density at radius 2 is 1.03 bits per heavy atom. The fourth-order valence-electron chi connectivity index (χ4n) is 6.40. The molecule has 0 atom stereocenters. The van der Waals surface area contributed by atoms with Crippen molar-refractivity contribution in [1.29, 1.82) is 0 Å². The molecular formula is C35H24. The first-order valence-corrected chi connectivity index (χ1v) is 12.1. The molecule has 7 rings (SSSR count). The molecule has 0 saturated carbocycles. The fraction of sp³-hybridized carbons (Fsp3) is 0.0286. The van der Waals surface area contributed by atoms with Gasteiger partial charge in [-0.25, -0.2) is 0 Å². The summed E-state index contributed by atoms with van der Waals surface area (Å²) in [6.45, 7) is 8.13. The topological polar surface area (TPSA) is 0 Å². The summed E-state index contributed by atoms with van der Waals surface area (Å²) in [4.78, 5) is 0. The molecule has 0 heterocycles. The Kier molecular flexibility index (Phi) is 4.16. The number of hydrogen-bond acceptors (Lipinski definition) is 0. The van der Waals surface area contributed by atoms with E-state index in [1.165, 1.54) is 55.6 Å². The molecule has 0 saturated heterocycles. The first-order chi connectivity index (χ1) is 17.2. The maximum atomic E-state index is 4.20. The predicted molar refractivity (Wildman–Crippen MR) is 147 cm³/mol. The molecule has 0 aliphatic heterocycles. The molecule has 0 aromatic heterocycles. The molecule has 0 fully saturated rings. The summed E-state index contributed by atoms with van der Waals surface area (Å²) in [6, 6.07) is 42.4. The lowest BCUT2D eigenvalue weighted by Crippen LogP contribution is -2.26. The van der Waals surface area contributed by atoms with Crippen molar-refractivity contribution in [2.24, 2.45) is 0 Å². The Morgan fingerprint density at radius 3 is 1.63 bits per heavy atom. The van der Waals surface area contributed by atoms with Gasteiger partial charge in [0.05, 0.1) is 5.41 Å². The number of fused-ring (bicyclic) bond motifs is 10. The number of allylic oxidation sites excluding steroid dienone is 2. The predicted octanol–water partition coefficient (Wildman–Crippen LogP) is 8.90. The molecule has 164 valence electrons. The summed E-state index contributed by atoms with van der Waals surface area (Å²) in [5.41, 5.74) is 14.9. The molecule has 0 nitrogen and oxygen atoms in total. The zero-order valence-electron chi connectivity index (χ0n) is 19.5. The van der Waals surface area contributed by atoms with Gasteiger partial charge >= 0.3 is 0 Å². The van der Waals surface area contributed by atoms with E-state index in [9.17, 15) is 0 Å². The molecule has 0 amide bonds. The number of benzene rings is 5. The number of hydrogen-bond donors (Lipinski definition) is 0. The summed E-state index contributed by atoms with van der Waals surface area (Å²) in [5, 5.41) is 0. The van der Waals surface area contributed by atoms with E-state index in [-0.39, 0.29) is 5.41 Å². The minimum atomic E-state index is -0.346. The first kappa shape index (κ1) is 20.0. The van der Waals surface area contributed by atoms with Gasteiger partial charge in [-0.05, 0) is 72.8 Å². The van der Waals surface area contributed by atoms with Gasteiger partial charge in [0.15, 0.2) is 0 Å². The van der Waals surface area contributed by atoms with Crippen LogP contribution in [0.5, 0.6) is 0 Å². The third kappa shape index (κ3) is 2.52. The molecule has 35 heavy (non-hydrogen) atoms. The lowest BCUT2D eigenvalue weighted by molar-refractivity contribution is 0.796. The summed E-state index contributed by atoms with van der Waals surface area (Å²) in [7, 11) is 0. The lowest BCUT2D eigenvalue weighted by Gasteiger charge is -2.32. The monoisotopic (exact) mass is 444 g/mol. The standard InChI is InChI=1S/C35H24/c1-3-23(2)24-12-10-13-25(22-24)26-17-11-18-30-29-16-6-9-21-33(29)35(34(26)30)31-19-7-4-14-27(31)28-15-5-8-20-32(28)35/h3-22H,1-2H2. The molecule has 2 aliphatic rings. The highest BCUT2D eigenvalue weighted by molar-refractivity contribution is 5.98. The van der Waals surface area contributed by atoms with E-state index in [4.69, 9.17) is 0 Å². The van der Waals surface area contributed by atoms with Gasteiger partial charge in [0, 0.05) is 0 Å². The Labute approximate surface area is 206 Å². The van der Waals surface area contributed by atoms with Crippen LogP contribution in [0.15, 0.2) is 134 Å².